The number of nitrogens with zero attached hydrogens (tertiary/aromatic N) is 1. The van der Waals surface area contributed by atoms with Crippen molar-refractivity contribution < 1.29 is 10.2 Å². The fraction of sp³-hybridized carbons (Fsp3) is 1.00. The molecule has 0 radical (unpaired) electrons. The molecule has 70 valence electrons. The summed E-state index contributed by atoms with van der Waals surface area (Å²) in [5, 5.41) is 18.9. The zero-order valence-corrected chi connectivity index (χ0v) is 7.48. The van der Waals surface area contributed by atoms with Crippen molar-refractivity contribution >= 4 is 0 Å². The first-order valence-electron chi connectivity index (χ1n) is 4.75. The molecule has 12 heavy (non-hydrogen) atoms. The molecule has 2 rings (SSSR count). The van der Waals surface area contributed by atoms with E-state index in [1.54, 1.807) is 0 Å². The molecule has 1 heterocycles. The van der Waals surface area contributed by atoms with E-state index in [-0.39, 0.29) is 0 Å². The number of hydrogen-bond acceptors (Lipinski definition) is 3. The van der Waals surface area contributed by atoms with Gasteiger partial charge in [-0.25, -0.2) is 0 Å². The van der Waals surface area contributed by atoms with Crippen LogP contribution in [-0.4, -0.2) is 47.0 Å². The molecule has 1 saturated carbocycles. The largest absolute Gasteiger partial charge is 0.390 e. The Labute approximate surface area is 73.0 Å². The van der Waals surface area contributed by atoms with E-state index in [0.29, 0.717) is 12.0 Å². The number of hydrogen-bond donors (Lipinski definition) is 2. The molecule has 0 aromatic heterocycles. The molecule has 0 bridgehead atoms. The van der Waals surface area contributed by atoms with Crippen molar-refractivity contribution in [3.05, 3.63) is 0 Å². The molecule has 3 heteroatoms. The molecule has 1 saturated heterocycles. The first-order valence-corrected chi connectivity index (χ1v) is 4.75. The Balaban J connectivity index is 2.04. The average molecular weight is 171 g/mol. The first kappa shape index (κ1) is 8.48. The molecule has 2 N–H and O–H groups in total. The topological polar surface area (TPSA) is 43.7 Å². The highest BCUT2D eigenvalue weighted by molar-refractivity contribution is 4.94. The highest BCUT2D eigenvalue weighted by Gasteiger charge is 2.40. The Morgan fingerprint density at radius 3 is 2.58 bits per heavy atom. The highest BCUT2D eigenvalue weighted by Crippen LogP contribution is 2.35. The van der Waals surface area contributed by atoms with Crippen molar-refractivity contribution in [1.82, 2.24) is 4.90 Å². The van der Waals surface area contributed by atoms with Gasteiger partial charge in [-0.2, -0.15) is 0 Å². The van der Waals surface area contributed by atoms with Gasteiger partial charge in [-0.15, -0.1) is 0 Å². The van der Waals surface area contributed by atoms with E-state index >= 15 is 0 Å². The van der Waals surface area contributed by atoms with E-state index < -0.39 is 12.2 Å². The standard InChI is InChI=1S/C9H17NO2/c1-10-3-2-6-4-8(11)9(12)5-7(6)10/h6-9,11-12H,2-5H2,1H3/t6-,7?,8?,9?/m1/s1. The molecule has 0 amide bonds. The van der Waals surface area contributed by atoms with Crippen LogP contribution >= 0.6 is 0 Å². The van der Waals surface area contributed by atoms with Gasteiger partial charge in [0.15, 0.2) is 0 Å². The monoisotopic (exact) mass is 171 g/mol. The van der Waals surface area contributed by atoms with Crippen LogP contribution in [-0.2, 0) is 0 Å². The minimum absolute atomic E-state index is 0.474. The maximum absolute atomic E-state index is 9.47. The zero-order valence-electron chi connectivity index (χ0n) is 7.48. The summed E-state index contributed by atoms with van der Waals surface area (Å²) in [4.78, 5) is 2.31. The van der Waals surface area contributed by atoms with E-state index in [1.165, 1.54) is 6.42 Å². The van der Waals surface area contributed by atoms with Crippen LogP contribution in [0.25, 0.3) is 0 Å². The van der Waals surface area contributed by atoms with Gasteiger partial charge in [0.25, 0.3) is 0 Å². The van der Waals surface area contributed by atoms with Gasteiger partial charge < -0.3 is 15.1 Å². The molecule has 1 aliphatic carbocycles. The normalized spacial score (nSPS) is 49.2. The van der Waals surface area contributed by atoms with Gasteiger partial charge in [-0.05, 0) is 38.8 Å². The van der Waals surface area contributed by atoms with Gasteiger partial charge >= 0.3 is 0 Å². The Kier molecular flexibility index (Phi) is 2.10. The molecular weight excluding hydrogens is 154 g/mol. The van der Waals surface area contributed by atoms with Gasteiger partial charge in [0.2, 0.25) is 0 Å². The van der Waals surface area contributed by atoms with Gasteiger partial charge in [-0.3, -0.25) is 0 Å². The molecular formula is C9H17NO2. The van der Waals surface area contributed by atoms with E-state index in [4.69, 9.17) is 0 Å². The molecule has 2 aliphatic rings. The van der Waals surface area contributed by atoms with Gasteiger partial charge in [-0.1, -0.05) is 0 Å². The summed E-state index contributed by atoms with van der Waals surface area (Å²) in [6, 6.07) is 0.517. The molecule has 0 spiro atoms. The van der Waals surface area contributed by atoms with E-state index in [9.17, 15) is 10.2 Å². The lowest BCUT2D eigenvalue weighted by Crippen LogP contribution is -2.44. The van der Waals surface area contributed by atoms with Crippen molar-refractivity contribution in [3.63, 3.8) is 0 Å². The Morgan fingerprint density at radius 1 is 1.17 bits per heavy atom. The fourth-order valence-corrected chi connectivity index (χ4v) is 2.61. The van der Waals surface area contributed by atoms with Gasteiger partial charge in [0.1, 0.15) is 0 Å². The molecule has 0 aromatic rings. The lowest BCUT2D eigenvalue weighted by atomic mass is 9.82. The summed E-state index contributed by atoms with van der Waals surface area (Å²) < 4.78 is 0. The highest BCUT2D eigenvalue weighted by atomic mass is 16.3. The number of likely N-dealkylation sites (tertiary alicyclic amines) is 1. The van der Waals surface area contributed by atoms with Crippen LogP contribution in [0.3, 0.4) is 0 Å². The van der Waals surface area contributed by atoms with E-state index in [0.717, 1.165) is 19.4 Å². The lowest BCUT2D eigenvalue weighted by molar-refractivity contribution is -0.0412. The first-order chi connectivity index (χ1) is 5.68. The second kappa shape index (κ2) is 2.98. The van der Waals surface area contributed by atoms with E-state index in [2.05, 4.69) is 11.9 Å². The molecule has 1 aliphatic heterocycles. The third-order valence-corrected chi connectivity index (χ3v) is 3.43. The average Bonchev–Trinajstić information content (AvgIpc) is 2.35. The van der Waals surface area contributed by atoms with Crippen molar-refractivity contribution in [2.24, 2.45) is 5.92 Å². The van der Waals surface area contributed by atoms with Crippen LogP contribution in [0.15, 0.2) is 0 Å². The quantitative estimate of drug-likeness (QED) is 0.531. The van der Waals surface area contributed by atoms with Crippen molar-refractivity contribution in [2.45, 2.75) is 37.5 Å². The minimum Gasteiger partial charge on any atom is -0.390 e. The third kappa shape index (κ3) is 1.26. The molecule has 2 fully saturated rings. The van der Waals surface area contributed by atoms with Crippen molar-refractivity contribution in [2.75, 3.05) is 13.6 Å². The van der Waals surface area contributed by atoms with Crippen molar-refractivity contribution in [3.8, 4) is 0 Å². The Hall–Kier alpha value is -0.120. The Bertz CT molecular complexity index is 174. The SMILES string of the molecule is CN1CC[C@@H]2CC(O)C(O)CC21. The van der Waals surface area contributed by atoms with Gasteiger partial charge in [0.05, 0.1) is 12.2 Å². The number of aliphatic hydroxyl groups excluding tert-OH is 2. The van der Waals surface area contributed by atoms with Crippen molar-refractivity contribution in [1.29, 1.82) is 0 Å². The third-order valence-electron chi connectivity index (χ3n) is 3.43. The van der Waals surface area contributed by atoms with Crippen LogP contribution in [0, 0.1) is 5.92 Å². The molecule has 3 nitrogen and oxygen atoms in total. The molecule has 0 aromatic carbocycles. The zero-order chi connectivity index (χ0) is 8.72. The smallest absolute Gasteiger partial charge is 0.0814 e. The predicted molar refractivity (Wildman–Crippen MR) is 45.8 cm³/mol. The predicted octanol–water partition coefficient (Wildman–Crippen LogP) is -0.178. The summed E-state index contributed by atoms with van der Waals surface area (Å²) in [7, 11) is 2.11. The second-order valence-corrected chi connectivity index (χ2v) is 4.20. The summed E-state index contributed by atoms with van der Waals surface area (Å²) >= 11 is 0. The number of aliphatic hydroxyl groups is 2. The van der Waals surface area contributed by atoms with Crippen LogP contribution in [0.2, 0.25) is 0 Å². The van der Waals surface area contributed by atoms with Crippen LogP contribution in [0.1, 0.15) is 19.3 Å². The number of fused-ring (bicyclic) bond motifs is 1. The minimum atomic E-state index is -0.494. The van der Waals surface area contributed by atoms with Crippen LogP contribution < -0.4 is 0 Å². The maximum atomic E-state index is 9.47. The van der Waals surface area contributed by atoms with Gasteiger partial charge in [0, 0.05) is 6.04 Å². The van der Waals surface area contributed by atoms with E-state index in [1.807, 2.05) is 0 Å². The second-order valence-electron chi connectivity index (χ2n) is 4.20. The number of rotatable bonds is 0. The summed E-state index contributed by atoms with van der Waals surface area (Å²) in [5.74, 6) is 0.619. The lowest BCUT2D eigenvalue weighted by Gasteiger charge is -2.35. The van der Waals surface area contributed by atoms with Crippen LogP contribution in [0.4, 0.5) is 0 Å². The Morgan fingerprint density at radius 2 is 1.83 bits per heavy atom. The fourth-order valence-electron chi connectivity index (χ4n) is 2.61. The summed E-state index contributed by atoms with van der Waals surface area (Å²) in [6.45, 7) is 1.12. The molecule has 3 unspecified atom stereocenters. The summed E-state index contributed by atoms with van der Waals surface area (Å²) in [6.07, 6.45) is 1.76. The van der Waals surface area contributed by atoms with Crippen LogP contribution in [0.5, 0.6) is 0 Å². The molecule has 4 atom stereocenters. The summed E-state index contributed by atoms with van der Waals surface area (Å²) in [5.41, 5.74) is 0. The maximum Gasteiger partial charge on any atom is 0.0814 e.